The van der Waals surface area contributed by atoms with Crippen LogP contribution in [-0.4, -0.2) is 26.2 Å². The lowest BCUT2D eigenvalue weighted by molar-refractivity contribution is -0.124. The molecule has 0 saturated carbocycles. The normalized spacial score (nSPS) is 20.1. The smallest absolute Gasteiger partial charge is 0.257 e. The lowest BCUT2D eigenvalue weighted by atomic mass is 10.1. The van der Waals surface area contributed by atoms with Crippen LogP contribution < -0.4 is 10.2 Å². The number of anilines is 1. The molecule has 1 aromatic heterocycles. The molecule has 1 saturated heterocycles. The molecule has 0 aliphatic carbocycles. The van der Waals surface area contributed by atoms with Crippen molar-refractivity contribution in [1.82, 2.24) is 14.9 Å². The molecule has 1 atom stereocenters. The van der Waals surface area contributed by atoms with E-state index in [0.29, 0.717) is 19.4 Å². The van der Waals surface area contributed by atoms with Crippen LogP contribution in [0.4, 0.5) is 5.69 Å². The van der Waals surface area contributed by atoms with Crippen molar-refractivity contribution in [2.75, 3.05) is 4.90 Å². The predicted molar refractivity (Wildman–Crippen MR) is 107 cm³/mol. The fourth-order valence-corrected chi connectivity index (χ4v) is 5.25. The number of amides is 2. The second-order valence-electron chi connectivity index (χ2n) is 6.90. The van der Waals surface area contributed by atoms with Crippen LogP contribution in [0, 0.1) is 0 Å². The van der Waals surface area contributed by atoms with Crippen LogP contribution in [0.1, 0.15) is 18.4 Å². The van der Waals surface area contributed by atoms with Crippen LogP contribution in [0.25, 0.3) is 5.69 Å². The first-order valence-electron chi connectivity index (χ1n) is 9.14. The highest BCUT2D eigenvalue weighted by Gasteiger charge is 2.57. The van der Waals surface area contributed by atoms with Gasteiger partial charge in [0.05, 0.1) is 12.0 Å². The van der Waals surface area contributed by atoms with Gasteiger partial charge in [-0.15, -0.1) is 0 Å². The summed E-state index contributed by atoms with van der Waals surface area (Å²) in [6.45, 7) is 0.420. The van der Waals surface area contributed by atoms with Gasteiger partial charge in [0.1, 0.15) is 0 Å². The number of hydrogen-bond acceptors (Lipinski definition) is 4. The Kier molecular flexibility index (Phi) is 3.98. The number of rotatable bonds is 4. The summed E-state index contributed by atoms with van der Waals surface area (Å²) < 4.78 is 1.93. The number of nitrogens with one attached hydrogen (secondary N) is 1. The van der Waals surface area contributed by atoms with Crippen LogP contribution in [0.15, 0.2) is 72.1 Å². The van der Waals surface area contributed by atoms with Gasteiger partial charge in [-0.1, -0.05) is 36.0 Å². The predicted octanol–water partition coefficient (Wildman–Crippen LogP) is 3.12. The van der Waals surface area contributed by atoms with Gasteiger partial charge in [0.2, 0.25) is 5.91 Å². The molecule has 2 amide bonds. The van der Waals surface area contributed by atoms with E-state index < -0.39 is 4.87 Å². The minimum atomic E-state index is -0.864. The second-order valence-corrected chi connectivity index (χ2v) is 8.22. The third-order valence-corrected chi connectivity index (χ3v) is 6.69. The van der Waals surface area contributed by atoms with Gasteiger partial charge in [-0.05, 0) is 36.2 Å². The van der Waals surface area contributed by atoms with Crippen molar-refractivity contribution in [3.05, 3.63) is 72.8 Å². The van der Waals surface area contributed by atoms with Crippen molar-refractivity contribution in [3.8, 4) is 5.69 Å². The van der Waals surface area contributed by atoms with Gasteiger partial charge in [0.15, 0.2) is 4.87 Å². The summed E-state index contributed by atoms with van der Waals surface area (Å²) in [5.74, 6) is -0.101. The Morgan fingerprint density at radius 2 is 2.00 bits per heavy atom. The SMILES string of the molecule is O=C1CCC2(C(=O)NCc3ccc(-n4ccnc4)cc3)Sc3ccccc3N12. The van der Waals surface area contributed by atoms with Crippen LogP contribution in [0.5, 0.6) is 0 Å². The Labute approximate surface area is 166 Å². The molecule has 0 spiro atoms. The largest absolute Gasteiger partial charge is 0.349 e. The highest BCUT2D eigenvalue weighted by Crippen LogP contribution is 2.55. The first-order valence-corrected chi connectivity index (χ1v) is 9.96. The number of hydrogen-bond donors (Lipinski definition) is 1. The van der Waals surface area contributed by atoms with Crippen molar-refractivity contribution in [3.63, 3.8) is 0 Å². The van der Waals surface area contributed by atoms with Gasteiger partial charge in [-0.3, -0.25) is 14.5 Å². The van der Waals surface area contributed by atoms with E-state index in [0.717, 1.165) is 21.8 Å². The van der Waals surface area contributed by atoms with Gasteiger partial charge < -0.3 is 9.88 Å². The molecule has 6 nitrogen and oxygen atoms in total. The molecule has 3 aromatic rings. The van der Waals surface area contributed by atoms with E-state index in [-0.39, 0.29) is 11.8 Å². The fourth-order valence-electron chi connectivity index (χ4n) is 3.82. The highest BCUT2D eigenvalue weighted by atomic mass is 32.2. The van der Waals surface area contributed by atoms with E-state index in [1.54, 1.807) is 17.4 Å². The maximum absolute atomic E-state index is 13.2. The average molecular weight is 390 g/mol. The minimum absolute atomic E-state index is 0.0114. The summed E-state index contributed by atoms with van der Waals surface area (Å²) in [6, 6.07) is 15.7. The molecule has 1 fully saturated rings. The summed E-state index contributed by atoms with van der Waals surface area (Å²) in [7, 11) is 0. The molecule has 5 rings (SSSR count). The number of fused-ring (bicyclic) bond motifs is 3. The molecule has 0 bridgehead atoms. The Morgan fingerprint density at radius 1 is 1.18 bits per heavy atom. The number of nitrogens with zero attached hydrogens (tertiary/aromatic N) is 3. The molecule has 2 aromatic carbocycles. The molecule has 1 N–H and O–H groups in total. The zero-order chi connectivity index (χ0) is 19.1. The second kappa shape index (κ2) is 6.53. The maximum Gasteiger partial charge on any atom is 0.257 e. The quantitative estimate of drug-likeness (QED) is 0.743. The monoisotopic (exact) mass is 390 g/mol. The number of aromatic nitrogens is 2. The zero-order valence-electron chi connectivity index (χ0n) is 15.0. The van der Waals surface area contributed by atoms with Gasteiger partial charge >= 0.3 is 0 Å². The molecule has 0 radical (unpaired) electrons. The molecule has 7 heteroatoms. The Morgan fingerprint density at radius 3 is 2.79 bits per heavy atom. The van der Waals surface area contributed by atoms with Crippen LogP contribution in [0.3, 0.4) is 0 Å². The van der Waals surface area contributed by atoms with Crippen molar-refractivity contribution in [1.29, 1.82) is 0 Å². The highest BCUT2D eigenvalue weighted by molar-refractivity contribution is 8.02. The van der Waals surface area contributed by atoms with E-state index in [1.807, 2.05) is 59.3 Å². The van der Waals surface area contributed by atoms with E-state index >= 15 is 0 Å². The van der Waals surface area contributed by atoms with Crippen LogP contribution in [-0.2, 0) is 16.1 Å². The van der Waals surface area contributed by atoms with Gasteiger partial charge in [-0.25, -0.2) is 4.98 Å². The van der Waals surface area contributed by atoms with Crippen molar-refractivity contribution >= 4 is 29.3 Å². The first-order chi connectivity index (χ1) is 13.7. The van der Waals surface area contributed by atoms with Crippen molar-refractivity contribution < 1.29 is 9.59 Å². The molecule has 3 heterocycles. The topological polar surface area (TPSA) is 67.2 Å². The van der Waals surface area contributed by atoms with Crippen molar-refractivity contribution in [2.24, 2.45) is 0 Å². The lowest BCUT2D eigenvalue weighted by Crippen LogP contribution is -2.52. The van der Waals surface area contributed by atoms with E-state index in [9.17, 15) is 9.59 Å². The van der Waals surface area contributed by atoms with Crippen molar-refractivity contribution in [2.45, 2.75) is 29.2 Å². The number of thioether (sulfide) groups is 1. The van der Waals surface area contributed by atoms with Crippen LogP contribution in [0.2, 0.25) is 0 Å². The standard InChI is InChI=1S/C21H18N4O2S/c26-19-9-10-21(25(19)17-3-1-2-4-18(17)28-21)20(27)23-13-15-5-7-16(8-6-15)24-12-11-22-14-24/h1-8,11-12,14H,9-10,13H2,(H,23,27). The Balaban J connectivity index is 1.33. The van der Waals surface area contributed by atoms with Crippen LogP contribution >= 0.6 is 11.8 Å². The van der Waals surface area contributed by atoms with E-state index in [2.05, 4.69) is 10.3 Å². The number of imidazole rings is 1. The minimum Gasteiger partial charge on any atom is -0.349 e. The summed E-state index contributed by atoms with van der Waals surface area (Å²) in [4.78, 5) is 31.5. The lowest BCUT2D eigenvalue weighted by Gasteiger charge is -2.29. The van der Waals surface area contributed by atoms with Gasteiger partial charge in [0, 0.05) is 35.9 Å². The first kappa shape index (κ1) is 17.1. The maximum atomic E-state index is 13.2. The van der Waals surface area contributed by atoms with Gasteiger partial charge in [0.25, 0.3) is 5.91 Å². The molecular formula is C21H18N4O2S. The summed E-state index contributed by atoms with van der Waals surface area (Å²) >= 11 is 1.48. The van der Waals surface area contributed by atoms with E-state index in [1.165, 1.54) is 11.8 Å². The van der Waals surface area contributed by atoms with E-state index in [4.69, 9.17) is 0 Å². The number of benzene rings is 2. The summed E-state index contributed by atoms with van der Waals surface area (Å²) in [5.41, 5.74) is 2.86. The average Bonchev–Trinajstić information content (AvgIpc) is 3.43. The molecule has 1 unspecified atom stereocenters. The van der Waals surface area contributed by atoms with Gasteiger partial charge in [-0.2, -0.15) is 0 Å². The number of carbonyl (C=O) groups excluding carboxylic acids is 2. The Bertz CT molecular complexity index is 1050. The summed E-state index contributed by atoms with van der Waals surface area (Å²) in [5, 5.41) is 3.04. The third kappa shape index (κ3) is 2.62. The summed E-state index contributed by atoms with van der Waals surface area (Å²) in [6.07, 6.45) is 6.29. The number of carbonyl (C=O) groups is 2. The zero-order valence-corrected chi connectivity index (χ0v) is 15.9. The molecule has 2 aliphatic rings. The Hall–Kier alpha value is -3.06. The molecular weight excluding hydrogens is 372 g/mol. The molecule has 2 aliphatic heterocycles. The molecule has 28 heavy (non-hydrogen) atoms. The third-order valence-electron chi connectivity index (χ3n) is 5.22. The number of para-hydroxylation sites is 1. The molecule has 140 valence electrons. The fraction of sp³-hybridized carbons (Fsp3) is 0.190.